The fourth-order valence-corrected chi connectivity index (χ4v) is 3.62. The highest BCUT2D eigenvalue weighted by Crippen LogP contribution is 2.36. The highest BCUT2D eigenvalue weighted by molar-refractivity contribution is 6.30. The number of carbonyl (C=O) groups is 3. The first-order valence-corrected chi connectivity index (χ1v) is 10.9. The van der Waals surface area contributed by atoms with Crippen molar-refractivity contribution >= 4 is 35.2 Å². The minimum Gasteiger partial charge on any atom is -0.464 e. The highest BCUT2D eigenvalue weighted by atomic mass is 35.5. The Morgan fingerprint density at radius 3 is 2.22 bits per heavy atom. The van der Waals surface area contributed by atoms with Crippen LogP contribution in [0.25, 0.3) is 22.4 Å². The Hall–Kier alpha value is -5.23. The van der Waals surface area contributed by atoms with Crippen LogP contribution in [-0.2, 0) is 0 Å². The normalized spacial score (nSPS) is 10.4. The third-order valence-corrected chi connectivity index (χ3v) is 5.34. The zero-order chi connectivity index (χ0) is 26.5. The van der Waals surface area contributed by atoms with Crippen LogP contribution in [0, 0.1) is 10.1 Å². The van der Waals surface area contributed by atoms with E-state index in [0.29, 0.717) is 15.4 Å². The molecule has 0 saturated carbocycles. The van der Waals surface area contributed by atoms with Gasteiger partial charge in [0.15, 0.2) is 5.69 Å². The molecule has 186 valence electrons. The predicted molar refractivity (Wildman–Crippen MR) is 134 cm³/mol. The first kappa shape index (κ1) is 24.9. The van der Waals surface area contributed by atoms with E-state index >= 15 is 0 Å². The Morgan fingerprint density at radius 2 is 1.57 bits per heavy atom. The van der Waals surface area contributed by atoms with Crippen molar-refractivity contribution in [1.82, 2.24) is 20.7 Å². The van der Waals surface area contributed by atoms with Crippen molar-refractivity contribution in [2.45, 2.75) is 0 Å². The Labute approximate surface area is 213 Å². The molecule has 0 aliphatic rings. The monoisotopic (exact) mass is 520 g/mol. The van der Waals surface area contributed by atoms with Crippen molar-refractivity contribution in [1.29, 1.82) is 0 Å². The summed E-state index contributed by atoms with van der Waals surface area (Å²) in [6.45, 7) is 0. The molecule has 0 atom stereocenters. The van der Waals surface area contributed by atoms with Gasteiger partial charge in [0.2, 0.25) is 0 Å². The van der Waals surface area contributed by atoms with Crippen molar-refractivity contribution in [3.63, 3.8) is 0 Å². The summed E-state index contributed by atoms with van der Waals surface area (Å²) < 4.78 is 0. The second kappa shape index (κ2) is 10.6. The molecule has 4 rings (SSSR count). The van der Waals surface area contributed by atoms with E-state index in [-0.39, 0.29) is 33.8 Å². The Bertz CT molecular complexity index is 1500. The smallest absolute Gasteiger partial charge is 0.425 e. The molecule has 3 amide bonds. The van der Waals surface area contributed by atoms with E-state index < -0.39 is 22.8 Å². The van der Waals surface area contributed by atoms with Crippen LogP contribution in [0.15, 0.2) is 78.9 Å². The minimum absolute atomic E-state index is 0.0752. The van der Waals surface area contributed by atoms with Crippen molar-refractivity contribution in [3.05, 3.63) is 105 Å². The van der Waals surface area contributed by atoms with E-state index in [4.69, 9.17) is 11.6 Å². The maximum atomic E-state index is 13.3. The molecule has 0 aliphatic carbocycles. The summed E-state index contributed by atoms with van der Waals surface area (Å²) in [7, 11) is 0. The number of aromatic nitrogens is 2. The van der Waals surface area contributed by atoms with Crippen LogP contribution < -0.4 is 16.3 Å². The van der Waals surface area contributed by atoms with E-state index in [1.165, 1.54) is 36.4 Å². The fourth-order valence-electron chi connectivity index (χ4n) is 3.49. The molecular weight excluding hydrogens is 504 g/mol. The number of rotatable bonds is 6. The number of hydrogen-bond donors (Lipinski definition) is 4. The topological polar surface area (TPSA) is 168 Å². The molecule has 0 unspecified atom stereocenters. The molecule has 1 heterocycles. The number of nitrogens with zero attached hydrogens (tertiary/aromatic N) is 3. The van der Waals surface area contributed by atoms with Crippen molar-refractivity contribution < 1.29 is 24.4 Å². The fraction of sp³-hybridized carbons (Fsp3) is 0. The van der Waals surface area contributed by atoms with Crippen LogP contribution in [-0.4, -0.2) is 37.8 Å². The van der Waals surface area contributed by atoms with Gasteiger partial charge in [-0.25, -0.2) is 10.2 Å². The Balaban J connectivity index is 1.85. The molecule has 13 heteroatoms. The number of hydrazine groups is 1. The maximum Gasteiger partial charge on any atom is 0.425 e. The second-order valence-corrected chi connectivity index (χ2v) is 7.93. The lowest BCUT2D eigenvalue weighted by atomic mass is 9.98. The molecule has 12 nitrogen and oxygen atoms in total. The molecule has 4 aromatic rings. The van der Waals surface area contributed by atoms with Gasteiger partial charge in [-0.2, -0.15) is 9.89 Å². The van der Waals surface area contributed by atoms with E-state index in [9.17, 15) is 29.6 Å². The van der Waals surface area contributed by atoms with Crippen LogP contribution in [0.5, 0.6) is 0 Å². The van der Waals surface area contributed by atoms with Gasteiger partial charge in [-0.15, -0.1) is 0 Å². The van der Waals surface area contributed by atoms with Gasteiger partial charge in [0.05, 0.1) is 4.92 Å². The number of carbonyl (C=O) groups excluding carboxylic acids is 2. The summed E-state index contributed by atoms with van der Waals surface area (Å²) in [6.07, 6.45) is -1.53. The van der Waals surface area contributed by atoms with Gasteiger partial charge in [-0.05, 0) is 29.8 Å². The molecule has 0 bridgehead atoms. The second-order valence-electron chi connectivity index (χ2n) is 7.49. The number of nitro groups is 1. The first-order chi connectivity index (χ1) is 17.7. The zero-order valence-electron chi connectivity index (χ0n) is 18.7. The number of halogens is 1. The number of non-ortho nitro benzene ring substituents is 1. The molecule has 3 aromatic carbocycles. The van der Waals surface area contributed by atoms with Gasteiger partial charge >= 0.3 is 6.09 Å². The van der Waals surface area contributed by atoms with Gasteiger partial charge in [0, 0.05) is 33.8 Å². The van der Waals surface area contributed by atoms with E-state index in [0.717, 1.165) is 0 Å². The van der Waals surface area contributed by atoms with Crippen molar-refractivity contribution in [3.8, 4) is 22.4 Å². The van der Waals surface area contributed by atoms with Gasteiger partial charge in [-0.3, -0.25) is 30.6 Å². The number of hydrogen-bond acceptors (Lipinski definition) is 6. The highest BCUT2D eigenvalue weighted by Gasteiger charge is 2.28. The molecule has 1 aromatic heterocycles. The number of benzene rings is 3. The summed E-state index contributed by atoms with van der Waals surface area (Å²) >= 11 is 5.99. The molecule has 37 heavy (non-hydrogen) atoms. The largest absolute Gasteiger partial charge is 0.464 e. The summed E-state index contributed by atoms with van der Waals surface area (Å²) in [4.78, 5) is 48.8. The summed E-state index contributed by atoms with van der Waals surface area (Å²) in [5.41, 5.74) is 7.04. The maximum absolute atomic E-state index is 13.3. The van der Waals surface area contributed by atoms with Crippen molar-refractivity contribution in [2.24, 2.45) is 0 Å². The van der Waals surface area contributed by atoms with E-state index in [2.05, 4.69) is 16.0 Å². The molecule has 0 spiro atoms. The molecular formula is C24H17ClN6O6. The predicted octanol–water partition coefficient (Wildman–Crippen LogP) is 4.08. The first-order valence-electron chi connectivity index (χ1n) is 10.5. The average molecular weight is 521 g/mol. The number of nitro benzene ring substituents is 1. The number of carboxylic acid groups (broad SMARTS) is 1. The van der Waals surface area contributed by atoms with Gasteiger partial charge in [-0.1, -0.05) is 54.1 Å². The van der Waals surface area contributed by atoms with E-state index in [1.807, 2.05) is 5.43 Å². The third-order valence-electron chi connectivity index (χ3n) is 5.09. The van der Waals surface area contributed by atoms with Crippen LogP contribution in [0.4, 0.5) is 10.5 Å². The quantitative estimate of drug-likeness (QED) is 0.219. The minimum atomic E-state index is -1.53. The van der Waals surface area contributed by atoms with Crippen LogP contribution >= 0.6 is 11.6 Å². The number of amides is 3. The lowest BCUT2D eigenvalue weighted by molar-refractivity contribution is -0.384. The molecule has 0 fully saturated rings. The molecule has 0 saturated heterocycles. The lowest BCUT2D eigenvalue weighted by Gasteiger charge is -2.11. The Kier molecular flexibility index (Phi) is 7.11. The summed E-state index contributed by atoms with van der Waals surface area (Å²) in [5, 5.41) is 25.4. The van der Waals surface area contributed by atoms with Gasteiger partial charge in [0.1, 0.15) is 5.69 Å². The lowest BCUT2D eigenvalue weighted by Crippen LogP contribution is -2.43. The summed E-state index contributed by atoms with van der Waals surface area (Å²) in [5.74, 6) is -1.56. The molecule has 0 aliphatic heterocycles. The van der Waals surface area contributed by atoms with Crippen LogP contribution in [0.1, 0.15) is 20.8 Å². The number of nitrogens with one attached hydrogen (secondary N) is 3. The SMILES string of the molecule is O=C(O)Nn1nc(-c2ccc(Cl)cc2)c(-c2cccc([N+](=O)[O-])c2)c1C(=O)NNC(=O)c1ccccc1. The molecule has 4 N–H and O–H groups in total. The zero-order valence-corrected chi connectivity index (χ0v) is 19.5. The summed E-state index contributed by atoms with van der Waals surface area (Å²) in [6, 6.07) is 19.8. The standard InChI is InChI=1S/C24H17ClN6O6/c25-17-11-9-14(10-12-17)20-19(16-7-4-8-18(13-16)31(36)37)21(30(28-20)29-24(34)35)23(33)27-26-22(32)15-5-2-1-3-6-15/h1-13,29H,(H,26,32)(H,27,33)(H,34,35). The van der Waals surface area contributed by atoms with Gasteiger partial charge < -0.3 is 5.11 Å². The van der Waals surface area contributed by atoms with Gasteiger partial charge in [0.25, 0.3) is 17.5 Å². The van der Waals surface area contributed by atoms with E-state index in [1.54, 1.807) is 42.5 Å². The van der Waals surface area contributed by atoms with Crippen molar-refractivity contribution in [2.75, 3.05) is 5.43 Å². The average Bonchev–Trinajstić information content (AvgIpc) is 3.26. The third kappa shape index (κ3) is 5.55. The molecule has 0 radical (unpaired) electrons. The Morgan fingerprint density at radius 1 is 0.892 bits per heavy atom. The van der Waals surface area contributed by atoms with Crippen LogP contribution in [0.3, 0.4) is 0 Å². The van der Waals surface area contributed by atoms with Crippen LogP contribution in [0.2, 0.25) is 5.02 Å².